The maximum atomic E-state index is 5.47. The second-order valence-electron chi connectivity index (χ2n) is 5.01. The minimum atomic E-state index is 0. The van der Waals surface area contributed by atoms with Crippen molar-refractivity contribution in [1.29, 1.82) is 0 Å². The summed E-state index contributed by atoms with van der Waals surface area (Å²) < 4.78 is 5.04. The van der Waals surface area contributed by atoms with Crippen molar-refractivity contribution in [1.82, 2.24) is 15.0 Å². The fourth-order valence-electron chi connectivity index (χ4n) is 2.57. The highest BCUT2D eigenvalue weighted by Crippen LogP contribution is 2.26. The third-order valence-corrected chi connectivity index (χ3v) is 3.47. The van der Waals surface area contributed by atoms with E-state index in [0.29, 0.717) is 24.5 Å². The highest BCUT2D eigenvalue weighted by atomic mass is 35.5. The molecule has 0 bridgehead atoms. The number of hydrogen-bond donors (Lipinski definition) is 1. The first kappa shape index (κ1) is 15.4. The number of nitrogens with two attached hydrogens (primary N) is 1. The summed E-state index contributed by atoms with van der Waals surface area (Å²) in [4.78, 5) is 6.75. The summed E-state index contributed by atoms with van der Waals surface area (Å²) in [6.45, 7) is 5.54. The molecule has 2 rings (SSSR count). The van der Waals surface area contributed by atoms with Crippen LogP contribution in [0, 0.1) is 0 Å². The molecule has 1 aliphatic carbocycles. The summed E-state index contributed by atoms with van der Waals surface area (Å²) in [5.41, 5.74) is 5.47. The standard InChI is InChI=1S/C12H22N4O.ClH/c1-9(2)16(10-5-3-4-6-10)8-11-14-12(7-13)17-15-11;/h9-10H,3-8,13H2,1-2H3;1H. The largest absolute Gasteiger partial charge is 0.338 e. The van der Waals surface area contributed by atoms with Crippen molar-refractivity contribution in [3.63, 3.8) is 0 Å². The third-order valence-electron chi connectivity index (χ3n) is 3.47. The molecule has 1 aromatic rings. The summed E-state index contributed by atoms with van der Waals surface area (Å²) >= 11 is 0. The van der Waals surface area contributed by atoms with Gasteiger partial charge in [-0.1, -0.05) is 18.0 Å². The summed E-state index contributed by atoms with van der Waals surface area (Å²) in [5.74, 6) is 1.28. The van der Waals surface area contributed by atoms with Crippen molar-refractivity contribution in [2.24, 2.45) is 5.73 Å². The predicted octanol–water partition coefficient (Wildman–Crippen LogP) is 2.10. The van der Waals surface area contributed by atoms with E-state index in [1.165, 1.54) is 25.7 Å². The summed E-state index contributed by atoms with van der Waals surface area (Å²) in [5, 5.41) is 3.97. The zero-order valence-electron chi connectivity index (χ0n) is 11.1. The van der Waals surface area contributed by atoms with Crippen molar-refractivity contribution < 1.29 is 4.52 Å². The molecule has 2 N–H and O–H groups in total. The zero-order valence-corrected chi connectivity index (χ0v) is 11.9. The molecule has 0 saturated heterocycles. The Labute approximate surface area is 115 Å². The fourth-order valence-corrected chi connectivity index (χ4v) is 2.57. The van der Waals surface area contributed by atoms with Crippen molar-refractivity contribution in [3.8, 4) is 0 Å². The van der Waals surface area contributed by atoms with Crippen molar-refractivity contribution >= 4 is 12.4 Å². The van der Waals surface area contributed by atoms with Crippen LogP contribution in [-0.4, -0.2) is 27.1 Å². The van der Waals surface area contributed by atoms with E-state index >= 15 is 0 Å². The second-order valence-corrected chi connectivity index (χ2v) is 5.01. The average molecular weight is 275 g/mol. The summed E-state index contributed by atoms with van der Waals surface area (Å²) in [6.07, 6.45) is 5.27. The van der Waals surface area contributed by atoms with Crippen LogP contribution in [0.1, 0.15) is 51.2 Å². The maximum Gasteiger partial charge on any atom is 0.240 e. The van der Waals surface area contributed by atoms with Crippen molar-refractivity contribution in [2.45, 2.75) is 64.7 Å². The molecule has 0 aliphatic heterocycles. The van der Waals surface area contributed by atoms with Crippen LogP contribution in [0.4, 0.5) is 0 Å². The van der Waals surface area contributed by atoms with E-state index in [9.17, 15) is 0 Å². The molecular weight excluding hydrogens is 252 g/mol. The Morgan fingerprint density at radius 1 is 1.39 bits per heavy atom. The van der Waals surface area contributed by atoms with Crippen LogP contribution in [0.5, 0.6) is 0 Å². The van der Waals surface area contributed by atoms with Gasteiger partial charge in [0.05, 0.1) is 13.1 Å². The van der Waals surface area contributed by atoms with Gasteiger partial charge in [-0.2, -0.15) is 4.98 Å². The molecule has 0 unspecified atom stereocenters. The van der Waals surface area contributed by atoms with E-state index in [1.807, 2.05) is 0 Å². The first-order valence-corrected chi connectivity index (χ1v) is 6.48. The lowest BCUT2D eigenvalue weighted by molar-refractivity contribution is 0.140. The van der Waals surface area contributed by atoms with Crippen LogP contribution in [0.15, 0.2) is 4.52 Å². The molecule has 1 saturated carbocycles. The van der Waals surface area contributed by atoms with Gasteiger partial charge in [-0.3, -0.25) is 4.90 Å². The molecule has 1 aromatic heterocycles. The number of halogens is 1. The van der Waals surface area contributed by atoms with Crippen LogP contribution in [-0.2, 0) is 13.1 Å². The molecule has 1 aliphatic rings. The molecular formula is C12H23ClN4O. The Bertz CT molecular complexity index is 350. The van der Waals surface area contributed by atoms with Gasteiger partial charge in [0.1, 0.15) is 0 Å². The van der Waals surface area contributed by atoms with Gasteiger partial charge in [0.15, 0.2) is 5.82 Å². The first-order chi connectivity index (χ1) is 8.20. The van der Waals surface area contributed by atoms with Gasteiger partial charge in [0.2, 0.25) is 5.89 Å². The van der Waals surface area contributed by atoms with Gasteiger partial charge in [0, 0.05) is 12.1 Å². The monoisotopic (exact) mass is 274 g/mol. The molecule has 0 atom stereocenters. The predicted molar refractivity (Wildman–Crippen MR) is 72.4 cm³/mol. The van der Waals surface area contributed by atoms with Gasteiger partial charge in [-0.05, 0) is 26.7 Å². The van der Waals surface area contributed by atoms with E-state index in [-0.39, 0.29) is 12.4 Å². The van der Waals surface area contributed by atoms with Crippen molar-refractivity contribution in [2.75, 3.05) is 0 Å². The van der Waals surface area contributed by atoms with Gasteiger partial charge < -0.3 is 10.3 Å². The Balaban J connectivity index is 0.00000162. The topological polar surface area (TPSA) is 68.2 Å². The SMILES string of the molecule is CC(C)N(Cc1noc(CN)n1)C1CCCC1.Cl. The van der Waals surface area contributed by atoms with Crippen LogP contribution >= 0.6 is 12.4 Å². The minimum absolute atomic E-state index is 0. The number of nitrogens with zero attached hydrogens (tertiary/aromatic N) is 3. The zero-order chi connectivity index (χ0) is 12.3. The number of aromatic nitrogens is 2. The molecule has 0 spiro atoms. The first-order valence-electron chi connectivity index (χ1n) is 6.48. The highest BCUT2D eigenvalue weighted by molar-refractivity contribution is 5.85. The lowest BCUT2D eigenvalue weighted by Crippen LogP contribution is -2.38. The molecule has 0 radical (unpaired) electrons. The number of rotatable bonds is 5. The Morgan fingerprint density at radius 2 is 2.06 bits per heavy atom. The molecule has 0 aromatic carbocycles. The quantitative estimate of drug-likeness (QED) is 0.891. The normalized spacial score (nSPS) is 16.5. The molecule has 104 valence electrons. The molecule has 0 amide bonds. The number of hydrogen-bond acceptors (Lipinski definition) is 5. The lowest BCUT2D eigenvalue weighted by Gasteiger charge is -2.31. The average Bonchev–Trinajstić information content (AvgIpc) is 2.96. The molecule has 1 heterocycles. The van der Waals surface area contributed by atoms with Crippen LogP contribution in [0.3, 0.4) is 0 Å². The smallest absolute Gasteiger partial charge is 0.240 e. The Morgan fingerprint density at radius 3 is 2.56 bits per heavy atom. The van der Waals surface area contributed by atoms with Gasteiger partial charge in [0.25, 0.3) is 0 Å². The molecule has 6 heteroatoms. The minimum Gasteiger partial charge on any atom is -0.338 e. The molecule has 5 nitrogen and oxygen atoms in total. The van der Waals surface area contributed by atoms with Crippen LogP contribution in [0.25, 0.3) is 0 Å². The lowest BCUT2D eigenvalue weighted by atomic mass is 10.1. The van der Waals surface area contributed by atoms with E-state index in [4.69, 9.17) is 10.3 Å². The van der Waals surface area contributed by atoms with Gasteiger partial charge in [-0.15, -0.1) is 12.4 Å². The Hall–Kier alpha value is -0.650. The van der Waals surface area contributed by atoms with Crippen LogP contribution in [0.2, 0.25) is 0 Å². The van der Waals surface area contributed by atoms with Gasteiger partial charge in [-0.25, -0.2) is 0 Å². The van der Waals surface area contributed by atoms with E-state index < -0.39 is 0 Å². The Kier molecular flexibility index (Phi) is 6.05. The van der Waals surface area contributed by atoms with Gasteiger partial charge >= 0.3 is 0 Å². The van der Waals surface area contributed by atoms with E-state index in [1.54, 1.807) is 0 Å². The summed E-state index contributed by atoms with van der Waals surface area (Å²) in [7, 11) is 0. The van der Waals surface area contributed by atoms with Crippen molar-refractivity contribution in [3.05, 3.63) is 11.7 Å². The fraction of sp³-hybridized carbons (Fsp3) is 0.833. The summed E-state index contributed by atoms with van der Waals surface area (Å²) in [6, 6.07) is 1.19. The van der Waals surface area contributed by atoms with E-state index in [2.05, 4.69) is 28.9 Å². The third kappa shape index (κ3) is 3.67. The maximum absolute atomic E-state index is 5.47. The second kappa shape index (κ2) is 7.07. The van der Waals surface area contributed by atoms with E-state index in [0.717, 1.165) is 12.4 Å². The molecule has 18 heavy (non-hydrogen) atoms. The highest BCUT2D eigenvalue weighted by Gasteiger charge is 2.25. The molecule has 1 fully saturated rings. The van der Waals surface area contributed by atoms with Crippen LogP contribution < -0.4 is 5.73 Å².